The Balaban J connectivity index is 2.60. The Labute approximate surface area is 89.0 Å². The van der Waals surface area contributed by atoms with Gasteiger partial charge in [0.1, 0.15) is 5.82 Å². The van der Waals surface area contributed by atoms with Gasteiger partial charge in [0.15, 0.2) is 0 Å². The SMILES string of the molecule is NC1CSCc2c(Br)ccc(F)c21. The van der Waals surface area contributed by atoms with Crippen molar-refractivity contribution >= 4 is 27.7 Å². The molecule has 0 aromatic heterocycles. The Morgan fingerprint density at radius 1 is 1.54 bits per heavy atom. The average Bonchev–Trinajstić information content (AvgIpc) is 2.12. The average molecular weight is 262 g/mol. The molecule has 0 radical (unpaired) electrons. The monoisotopic (exact) mass is 261 g/mol. The summed E-state index contributed by atoms with van der Waals surface area (Å²) in [5.74, 6) is 1.48. The predicted octanol–water partition coefficient (Wildman–Crippen LogP) is 2.83. The van der Waals surface area contributed by atoms with Crippen molar-refractivity contribution in [2.24, 2.45) is 5.73 Å². The van der Waals surface area contributed by atoms with E-state index in [1.807, 2.05) is 0 Å². The number of hydrogen-bond donors (Lipinski definition) is 1. The fraction of sp³-hybridized carbons (Fsp3) is 0.333. The van der Waals surface area contributed by atoms with Crippen LogP contribution in [0.15, 0.2) is 16.6 Å². The molecule has 0 saturated heterocycles. The summed E-state index contributed by atoms with van der Waals surface area (Å²) in [4.78, 5) is 0. The highest BCUT2D eigenvalue weighted by Gasteiger charge is 2.22. The third-order valence-electron chi connectivity index (χ3n) is 2.16. The van der Waals surface area contributed by atoms with Crippen LogP contribution in [0.25, 0.3) is 0 Å². The Morgan fingerprint density at radius 3 is 3.00 bits per heavy atom. The molecular weight excluding hydrogens is 253 g/mol. The number of nitrogens with two attached hydrogens (primary N) is 1. The van der Waals surface area contributed by atoms with Gasteiger partial charge >= 0.3 is 0 Å². The maximum absolute atomic E-state index is 13.4. The molecule has 1 unspecified atom stereocenters. The minimum atomic E-state index is -0.175. The molecule has 1 heterocycles. The van der Waals surface area contributed by atoms with Crippen molar-refractivity contribution < 1.29 is 4.39 Å². The lowest BCUT2D eigenvalue weighted by Crippen LogP contribution is -2.20. The highest BCUT2D eigenvalue weighted by Crippen LogP contribution is 2.36. The van der Waals surface area contributed by atoms with E-state index in [4.69, 9.17) is 5.73 Å². The maximum Gasteiger partial charge on any atom is 0.128 e. The van der Waals surface area contributed by atoms with Crippen molar-refractivity contribution in [2.45, 2.75) is 11.8 Å². The van der Waals surface area contributed by atoms with E-state index in [1.54, 1.807) is 17.8 Å². The van der Waals surface area contributed by atoms with Crippen LogP contribution in [-0.4, -0.2) is 5.75 Å². The fourth-order valence-corrected chi connectivity index (χ4v) is 3.25. The van der Waals surface area contributed by atoms with E-state index in [0.717, 1.165) is 21.5 Å². The van der Waals surface area contributed by atoms with Crippen molar-refractivity contribution in [3.05, 3.63) is 33.5 Å². The first-order valence-electron chi connectivity index (χ1n) is 4.00. The zero-order valence-corrected chi connectivity index (χ0v) is 9.29. The maximum atomic E-state index is 13.4. The van der Waals surface area contributed by atoms with Gasteiger partial charge in [-0.2, -0.15) is 11.8 Å². The molecule has 70 valence electrons. The molecule has 0 aliphatic carbocycles. The summed E-state index contributed by atoms with van der Waals surface area (Å²) in [7, 11) is 0. The molecule has 4 heteroatoms. The topological polar surface area (TPSA) is 26.0 Å². The predicted molar refractivity (Wildman–Crippen MR) is 57.2 cm³/mol. The molecule has 1 atom stereocenters. The minimum absolute atomic E-state index is 0.161. The number of hydrogen-bond acceptors (Lipinski definition) is 2. The largest absolute Gasteiger partial charge is 0.323 e. The van der Waals surface area contributed by atoms with Crippen LogP contribution < -0.4 is 5.73 Å². The minimum Gasteiger partial charge on any atom is -0.323 e. The van der Waals surface area contributed by atoms with Gasteiger partial charge in [-0.1, -0.05) is 15.9 Å². The van der Waals surface area contributed by atoms with E-state index >= 15 is 0 Å². The molecule has 13 heavy (non-hydrogen) atoms. The lowest BCUT2D eigenvalue weighted by Gasteiger charge is -2.23. The first-order chi connectivity index (χ1) is 6.20. The van der Waals surface area contributed by atoms with Gasteiger partial charge in [-0.15, -0.1) is 0 Å². The van der Waals surface area contributed by atoms with Gasteiger partial charge in [0, 0.05) is 27.6 Å². The second-order valence-corrected chi connectivity index (χ2v) is 4.93. The normalized spacial score (nSPS) is 21.3. The number of halogens is 2. The van der Waals surface area contributed by atoms with Crippen molar-refractivity contribution in [3.8, 4) is 0 Å². The molecule has 2 N–H and O–H groups in total. The summed E-state index contributed by atoms with van der Waals surface area (Å²) in [5, 5.41) is 0. The van der Waals surface area contributed by atoms with Crippen LogP contribution >= 0.6 is 27.7 Å². The van der Waals surface area contributed by atoms with E-state index in [-0.39, 0.29) is 11.9 Å². The van der Waals surface area contributed by atoms with Crippen LogP contribution in [0.1, 0.15) is 17.2 Å². The number of rotatable bonds is 0. The van der Waals surface area contributed by atoms with Crippen LogP contribution in [0.3, 0.4) is 0 Å². The van der Waals surface area contributed by atoms with E-state index in [9.17, 15) is 4.39 Å². The molecular formula is C9H9BrFNS. The van der Waals surface area contributed by atoms with Crippen molar-refractivity contribution in [1.82, 2.24) is 0 Å². The quantitative estimate of drug-likeness (QED) is 0.778. The standard InChI is InChI=1S/C9H9BrFNS/c10-6-1-2-7(11)9-5(6)3-13-4-8(9)12/h1-2,8H,3-4,12H2. The van der Waals surface area contributed by atoms with Crippen molar-refractivity contribution in [3.63, 3.8) is 0 Å². The van der Waals surface area contributed by atoms with E-state index in [1.165, 1.54) is 6.07 Å². The Bertz CT molecular complexity index is 343. The summed E-state index contributed by atoms with van der Waals surface area (Å²) in [6, 6.07) is 3.05. The Hall–Kier alpha value is -0.0600. The molecule has 2 rings (SSSR count). The third kappa shape index (κ3) is 1.63. The molecule has 1 nitrogen and oxygen atoms in total. The Kier molecular flexibility index (Phi) is 2.62. The smallest absolute Gasteiger partial charge is 0.128 e. The van der Waals surface area contributed by atoms with Crippen LogP contribution in [0.4, 0.5) is 4.39 Å². The summed E-state index contributed by atoms with van der Waals surface area (Å²) in [5.41, 5.74) is 7.54. The summed E-state index contributed by atoms with van der Waals surface area (Å²) < 4.78 is 14.4. The number of benzene rings is 1. The van der Waals surface area contributed by atoms with Crippen molar-refractivity contribution in [1.29, 1.82) is 0 Å². The van der Waals surface area contributed by atoms with Gasteiger partial charge in [0.25, 0.3) is 0 Å². The molecule has 0 bridgehead atoms. The van der Waals surface area contributed by atoms with Gasteiger partial charge in [-0.25, -0.2) is 4.39 Å². The molecule has 0 amide bonds. The van der Waals surface area contributed by atoms with Gasteiger partial charge in [0.05, 0.1) is 0 Å². The van der Waals surface area contributed by atoms with Crippen LogP contribution in [0.2, 0.25) is 0 Å². The third-order valence-corrected chi connectivity index (χ3v) is 3.99. The lowest BCUT2D eigenvalue weighted by molar-refractivity contribution is 0.589. The fourth-order valence-electron chi connectivity index (χ4n) is 1.53. The van der Waals surface area contributed by atoms with Crippen molar-refractivity contribution in [2.75, 3.05) is 5.75 Å². The highest BCUT2D eigenvalue weighted by atomic mass is 79.9. The van der Waals surface area contributed by atoms with Gasteiger partial charge in [-0.05, 0) is 17.7 Å². The number of fused-ring (bicyclic) bond motifs is 1. The van der Waals surface area contributed by atoms with E-state index < -0.39 is 0 Å². The first-order valence-corrected chi connectivity index (χ1v) is 5.95. The molecule has 1 aromatic carbocycles. The summed E-state index contributed by atoms with van der Waals surface area (Å²) in [6.07, 6.45) is 0. The first kappa shape index (κ1) is 9.49. The van der Waals surface area contributed by atoms with Gasteiger partial charge in [0.2, 0.25) is 0 Å². The van der Waals surface area contributed by atoms with Crippen LogP contribution in [0, 0.1) is 5.82 Å². The molecule has 1 aliphatic rings. The highest BCUT2D eigenvalue weighted by molar-refractivity contribution is 9.10. The van der Waals surface area contributed by atoms with Gasteiger partial charge in [-0.3, -0.25) is 0 Å². The molecule has 0 fully saturated rings. The second-order valence-electron chi connectivity index (χ2n) is 3.04. The zero-order valence-electron chi connectivity index (χ0n) is 6.89. The molecule has 1 aromatic rings. The zero-order chi connectivity index (χ0) is 9.42. The molecule has 0 saturated carbocycles. The van der Waals surface area contributed by atoms with Gasteiger partial charge < -0.3 is 5.73 Å². The van der Waals surface area contributed by atoms with Crippen LogP contribution in [0.5, 0.6) is 0 Å². The van der Waals surface area contributed by atoms with Crippen LogP contribution in [-0.2, 0) is 5.75 Å². The van der Waals surface area contributed by atoms with E-state index in [0.29, 0.717) is 5.56 Å². The van der Waals surface area contributed by atoms with E-state index in [2.05, 4.69) is 15.9 Å². The molecule has 1 aliphatic heterocycles. The molecule has 0 spiro atoms. The number of thioether (sulfide) groups is 1. The summed E-state index contributed by atoms with van der Waals surface area (Å²) in [6.45, 7) is 0. The Morgan fingerprint density at radius 2 is 2.31 bits per heavy atom. The lowest BCUT2D eigenvalue weighted by atomic mass is 10.0. The second kappa shape index (κ2) is 3.59. The summed E-state index contributed by atoms with van der Waals surface area (Å²) >= 11 is 5.15.